The number of nitrogens with zero attached hydrogens (tertiary/aromatic N) is 1. The number of amides is 3. The number of benzene rings is 2. The van der Waals surface area contributed by atoms with E-state index in [1.165, 1.54) is 4.90 Å². The minimum Gasteiger partial charge on any atom is -0.322 e. The van der Waals surface area contributed by atoms with Gasteiger partial charge in [-0.1, -0.05) is 43.3 Å². The Morgan fingerprint density at radius 1 is 1.04 bits per heavy atom. The largest absolute Gasteiger partial charge is 0.322 e. The molecule has 0 saturated carbocycles. The van der Waals surface area contributed by atoms with E-state index in [1.54, 1.807) is 48.5 Å². The lowest BCUT2D eigenvalue weighted by Crippen LogP contribution is -2.31. The van der Waals surface area contributed by atoms with Crippen molar-refractivity contribution in [3.63, 3.8) is 0 Å². The molecule has 1 saturated heterocycles. The molecule has 1 N–H and O–H groups in total. The van der Waals surface area contributed by atoms with Gasteiger partial charge in [0.15, 0.2) is 0 Å². The molecule has 5 nitrogen and oxygen atoms in total. The van der Waals surface area contributed by atoms with Gasteiger partial charge in [-0.15, -0.1) is 0 Å². The highest BCUT2D eigenvalue weighted by molar-refractivity contribution is 6.22. The molecule has 27 heavy (non-hydrogen) atoms. The Kier molecular flexibility index (Phi) is 4.36. The van der Waals surface area contributed by atoms with Crippen molar-refractivity contribution in [3.05, 3.63) is 72.3 Å². The van der Waals surface area contributed by atoms with Crippen LogP contribution in [0.2, 0.25) is 0 Å². The van der Waals surface area contributed by atoms with Crippen LogP contribution < -0.4 is 10.2 Å². The van der Waals surface area contributed by atoms with Crippen LogP contribution in [0.3, 0.4) is 0 Å². The number of hydrogen-bond acceptors (Lipinski definition) is 3. The maximum atomic E-state index is 12.9. The SMILES string of the molecule is CC1C=CCC2C(=O)N(c3cccc(NC(=O)c4ccccc4)c3)C(=O)C12. The third-order valence-corrected chi connectivity index (χ3v) is 5.27. The van der Waals surface area contributed by atoms with Crippen LogP contribution in [0.25, 0.3) is 0 Å². The lowest BCUT2D eigenvalue weighted by Gasteiger charge is -2.22. The molecule has 2 aromatic carbocycles. The summed E-state index contributed by atoms with van der Waals surface area (Å²) >= 11 is 0. The van der Waals surface area contributed by atoms with Gasteiger partial charge < -0.3 is 5.32 Å². The van der Waals surface area contributed by atoms with E-state index in [-0.39, 0.29) is 35.5 Å². The molecule has 3 atom stereocenters. The molecule has 3 unspecified atom stereocenters. The molecule has 0 spiro atoms. The fourth-order valence-electron chi connectivity index (χ4n) is 3.92. The second-order valence-corrected chi connectivity index (χ2v) is 7.04. The highest BCUT2D eigenvalue weighted by Crippen LogP contribution is 2.40. The molecule has 5 heteroatoms. The minimum absolute atomic E-state index is 0.0474. The van der Waals surface area contributed by atoms with E-state index in [4.69, 9.17) is 0 Å². The second-order valence-electron chi connectivity index (χ2n) is 7.04. The number of carbonyl (C=O) groups excluding carboxylic acids is 3. The Balaban J connectivity index is 1.59. The number of anilines is 2. The molecular formula is C22H20N2O3. The minimum atomic E-state index is -0.301. The van der Waals surface area contributed by atoms with Gasteiger partial charge in [0.2, 0.25) is 11.8 Å². The van der Waals surface area contributed by atoms with Gasteiger partial charge in [-0.25, -0.2) is 4.90 Å². The van der Waals surface area contributed by atoms with Gasteiger partial charge in [-0.3, -0.25) is 14.4 Å². The van der Waals surface area contributed by atoms with Crippen molar-refractivity contribution in [3.8, 4) is 0 Å². The first-order chi connectivity index (χ1) is 13.1. The molecule has 3 amide bonds. The monoisotopic (exact) mass is 360 g/mol. The van der Waals surface area contributed by atoms with Crippen LogP contribution in [0.5, 0.6) is 0 Å². The van der Waals surface area contributed by atoms with Crippen molar-refractivity contribution >= 4 is 29.1 Å². The maximum Gasteiger partial charge on any atom is 0.255 e. The van der Waals surface area contributed by atoms with Crippen LogP contribution >= 0.6 is 0 Å². The number of hydrogen-bond donors (Lipinski definition) is 1. The molecule has 0 aromatic heterocycles. The van der Waals surface area contributed by atoms with Crippen molar-refractivity contribution in [2.45, 2.75) is 13.3 Å². The zero-order valence-corrected chi connectivity index (χ0v) is 15.0. The van der Waals surface area contributed by atoms with Gasteiger partial charge in [0.1, 0.15) is 0 Å². The highest BCUT2D eigenvalue weighted by Gasteiger charge is 2.50. The van der Waals surface area contributed by atoms with E-state index >= 15 is 0 Å². The Morgan fingerprint density at radius 2 is 1.81 bits per heavy atom. The molecule has 2 aliphatic rings. The van der Waals surface area contributed by atoms with Crippen LogP contribution in [0.1, 0.15) is 23.7 Å². The zero-order valence-electron chi connectivity index (χ0n) is 15.0. The third kappa shape index (κ3) is 3.05. The Labute approximate surface area is 157 Å². The summed E-state index contributed by atoms with van der Waals surface area (Å²) in [6, 6.07) is 15.8. The summed E-state index contributed by atoms with van der Waals surface area (Å²) in [5.74, 6) is -1.10. The summed E-state index contributed by atoms with van der Waals surface area (Å²) in [5.41, 5.74) is 1.59. The summed E-state index contributed by atoms with van der Waals surface area (Å²) in [6.07, 6.45) is 4.59. The van der Waals surface area contributed by atoms with Gasteiger partial charge in [0.25, 0.3) is 5.91 Å². The molecule has 4 rings (SSSR count). The molecule has 136 valence electrons. The molecule has 0 radical (unpaired) electrons. The van der Waals surface area contributed by atoms with Gasteiger partial charge in [0.05, 0.1) is 17.5 Å². The summed E-state index contributed by atoms with van der Waals surface area (Å²) in [5, 5.41) is 2.82. The van der Waals surface area contributed by atoms with E-state index in [9.17, 15) is 14.4 Å². The van der Waals surface area contributed by atoms with Crippen molar-refractivity contribution in [1.82, 2.24) is 0 Å². The topological polar surface area (TPSA) is 66.5 Å². The smallest absolute Gasteiger partial charge is 0.255 e. The average Bonchev–Trinajstić information content (AvgIpc) is 2.94. The third-order valence-electron chi connectivity index (χ3n) is 5.27. The number of rotatable bonds is 3. The van der Waals surface area contributed by atoms with E-state index in [0.29, 0.717) is 23.4 Å². The predicted molar refractivity (Wildman–Crippen MR) is 103 cm³/mol. The van der Waals surface area contributed by atoms with Crippen LogP contribution in [-0.2, 0) is 9.59 Å². The summed E-state index contributed by atoms with van der Waals surface area (Å²) in [4.78, 5) is 39.4. The normalized spacial score (nSPS) is 24.0. The maximum absolute atomic E-state index is 12.9. The second kappa shape index (κ2) is 6.83. The van der Waals surface area contributed by atoms with Crippen LogP contribution in [0.15, 0.2) is 66.7 Å². The number of allylic oxidation sites excluding steroid dienone is 2. The first-order valence-corrected chi connectivity index (χ1v) is 9.07. The molecule has 0 bridgehead atoms. The molecule has 1 fully saturated rings. The number of nitrogens with one attached hydrogen (secondary N) is 1. The van der Waals surface area contributed by atoms with Crippen molar-refractivity contribution < 1.29 is 14.4 Å². The highest BCUT2D eigenvalue weighted by atomic mass is 16.2. The van der Waals surface area contributed by atoms with Gasteiger partial charge in [-0.05, 0) is 42.7 Å². The Morgan fingerprint density at radius 3 is 2.56 bits per heavy atom. The van der Waals surface area contributed by atoms with Crippen molar-refractivity contribution in [2.75, 3.05) is 10.2 Å². The van der Waals surface area contributed by atoms with Gasteiger partial charge in [0, 0.05) is 11.3 Å². The fourth-order valence-corrected chi connectivity index (χ4v) is 3.92. The van der Waals surface area contributed by atoms with Gasteiger partial charge >= 0.3 is 0 Å². The van der Waals surface area contributed by atoms with Crippen molar-refractivity contribution in [2.24, 2.45) is 17.8 Å². The van der Waals surface area contributed by atoms with E-state index in [1.807, 2.05) is 25.1 Å². The van der Waals surface area contributed by atoms with Gasteiger partial charge in [-0.2, -0.15) is 0 Å². The van der Waals surface area contributed by atoms with Crippen LogP contribution in [-0.4, -0.2) is 17.7 Å². The lowest BCUT2D eigenvalue weighted by molar-refractivity contribution is -0.122. The summed E-state index contributed by atoms with van der Waals surface area (Å²) in [7, 11) is 0. The predicted octanol–water partition coefficient (Wildman–Crippen LogP) is 3.64. The summed E-state index contributed by atoms with van der Waals surface area (Å²) < 4.78 is 0. The van der Waals surface area contributed by atoms with E-state index < -0.39 is 0 Å². The number of fused-ring (bicyclic) bond motifs is 1. The zero-order chi connectivity index (χ0) is 19.0. The number of carbonyl (C=O) groups is 3. The number of imide groups is 1. The van der Waals surface area contributed by atoms with Crippen LogP contribution in [0.4, 0.5) is 11.4 Å². The molecule has 1 heterocycles. The van der Waals surface area contributed by atoms with Crippen molar-refractivity contribution in [1.29, 1.82) is 0 Å². The molecule has 1 aliphatic carbocycles. The average molecular weight is 360 g/mol. The molecule has 2 aromatic rings. The standard InChI is InChI=1S/C22H20N2O3/c1-14-7-5-12-18-19(14)22(27)24(21(18)26)17-11-6-10-16(13-17)23-20(25)15-8-3-2-4-9-15/h2-11,13-14,18-19H,12H2,1H3,(H,23,25). The quantitative estimate of drug-likeness (QED) is 0.671. The molecular weight excluding hydrogens is 340 g/mol. The lowest BCUT2D eigenvalue weighted by atomic mass is 9.78. The fraction of sp³-hybridized carbons (Fsp3) is 0.227. The first-order valence-electron chi connectivity index (χ1n) is 9.07. The van der Waals surface area contributed by atoms with E-state index in [2.05, 4.69) is 5.32 Å². The van der Waals surface area contributed by atoms with Crippen LogP contribution in [0, 0.1) is 17.8 Å². The first kappa shape index (κ1) is 17.2. The van der Waals surface area contributed by atoms with E-state index in [0.717, 1.165) is 0 Å². The summed E-state index contributed by atoms with van der Waals surface area (Å²) in [6.45, 7) is 1.97. The molecule has 1 aliphatic heterocycles. The Hall–Kier alpha value is -3.21. The Bertz CT molecular complexity index is 936.